The Morgan fingerprint density at radius 2 is 2.57 bits per heavy atom. The van der Waals surface area contributed by atoms with Gasteiger partial charge in [0.2, 0.25) is 0 Å². The monoisotopic (exact) mass is 194 g/mol. The van der Waals surface area contributed by atoms with E-state index in [4.69, 9.17) is 4.74 Å². The summed E-state index contributed by atoms with van der Waals surface area (Å²) in [6.45, 7) is 3.92. The number of hydrogen-bond donors (Lipinski definition) is 2. The number of aromatic amines is 1. The molecule has 2 N–H and O–H groups in total. The van der Waals surface area contributed by atoms with Crippen LogP contribution in [0.2, 0.25) is 0 Å². The van der Waals surface area contributed by atoms with Crippen LogP contribution in [-0.2, 0) is 11.3 Å². The zero-order valence-corrected chi connectivity index (χ0v) is 8.46. The predicted molar refractivity (Wildman–Crippen MR) is 56.0 cm³/mol. The Hall–Kier alpha value is -0.800. The summed E-state index contributed by atoms with van der Waals surface area (Å²) >= 11 is 0. The van der Waals surface area contributed by atoms with Crippen molar-refractivity contribution in [2.45, 2.75) is 19.4 Å². The van der Waals surface area contributed by atoms with Crippen molar-refractivity contribution in [3.8, 4) is 0 Å². The molecule has 1 aromatic rings. The molecular weight excluding hydrogens is 176 g/mol. The summed E-state index contributed by atoms with van der Waals surface area (Å²) in [4.78, 5) is 3.05. The molecule has 3 nitrogen and oxygen atoms in total. The minimum absolute atomic E-state index is 0.711. The van der Waals surface area contributed by atoms with Crippen molar-refractivity contribution in [3.63, 3.8) is 0 Å². The Kier molecular flexibility index (Phi) is 3.60. The summed E-state index contributed by atoms with van der Waals surface area (Å²) < 4.78 is 5.42. The molecule has 0 aliphatic carbocycles. The molecular formula is C11H18N2O. The zero-order valence-electron chi connectivity index (χ0n) is 8.46. The molecule has 3 heteroatoms. The van der Waals surface area contributed by atoms with Gasteiger partial charge in [-0.3, -0.25) is 0 Å². The largest absolute Gasteiger partial charge is 0.381 e. The number of ether oxygens (including phenoxy) is 1. The van der Waals surface area contributed by atoms with Crippen LogP contribution in [0.3, 0.4) is 0 Å². The molecule has 0 spiro atoms. The average Bonchev–Trinajstić information content (AvgIpc) is 2.72. The molecule has 0 saturated carbocycles. The molecule has 1 aliphatic rings. The lowest BCUT2D eigenvalue weighted by atomic mass is 10.0. The van der Waals surface area contributed by atoms with Crippen molar-refractivity contribution in [2.24, 2.45) is 5.92 Å². The van der Waals surface area contributed by atoms with E-state index in [2.05, 4.69) is 16.4 Å². The van der Waals surface area contributed by atoms with Crippen LogP contribution in [0.1, 0.15) is 18.4 Å². The van der Waals surface area contributed by atoms with Crippen LogP contribution < -0.4 is 5.32 Å². The number of aromatic nitrogens is 1. The lowest BCUT2D eigenvalue weighted by molar-refractivity contribution is 0.0547. The van der Waals surface area contributed by atoms with E-state index in [1.54, 1.807) is 0 Å². The van der Waals surface area contributed by atoms with Gasteiger partial charge in [0, 0.05) is 32.1 Å². The fourth-order valence-electron chi connectivity index (χ4n) is 1.86. The molecule has 1 fully saturated rings. The third kappa shape index (κ3) is 2.86. The lowest BCUT2D eigenvalue weighted by Crippen LogP contribution is -2.28. The van der Waals surface area contributed by atoms with E-state index >= 15 is 0 Å². The quantitative estimate of drug-likeness (QED) is 0.762. The fourth-order valence-corrected chi connectivity index (χ4v) is 1.86. The maximum absolute atomic E-state index is 5.42. The first kappa shape index (κ1) is 9.74. The Morgan fingerprint density at radius 3 is 3.29 bits per heavy atom. The summed E-state index contributed by atoms with van der Waals surface area (Å²) in [5.74, 6) is 0.711. The van der Waals surface area contributed by atoms with Gasteiger partial charge in [-0.25, -0.2) is 0 Å². The highest BCUT2D eigenvalue weighted by Crippen LogP contribution is 2.12. The van der Waals surface area contributed by atoms with Crippen molar-refractivity contribution in [1.82, 2.24) is 10.3 Å². The minimum atomic E-state index is 0.711. The first-order valence-electron chi connectivity index (χ1n) is 5.35. The van der Waals surface area contributed by atoms with Gasteiger partial charge in [-0.05, 0) is 30.4 Å². The Bertz CT molecular complexity index is 240. The van der Waals surface area contributed by atoms with Crippen LogP contribution >= 0.6 is 0 Å². The van der Waals surface area contributed by atoms with Crippen LogP contribution in [-0.4, -0.2) is 24.7 Å². The molecule has 1 atom stereocenters. The van der Waals surface area contributed by atoms with Crippen molar-refractivity contribution in [1.29, 1.82) is 0 Å². The van der Waals surface area contributed by atoms with Crippen molar-refractivity contribution in [2.75, 3.05) is 19.8 Å². The highest BCUT2D eigenvalue weighted by molar-refractivity contribution is 5.07. The second-order valence-electron chi connectivity index (χ2n) is 3.93. The minimum Gasteiger partial charge on any atom is -0.381 e. The van der Waals surface area contributed by atoms with Crippen molar-refractivity contribution in [3.05, 3.63) is 24.0 Å². The molecule has 1 aromatic heterocycles. The summed E-state index contributed by atoms with van der Waals surface area (Å²) in [5, 5.41) is 3.46. The summed E-state index contributed by atoms with van der Waals surface area (Å²) in [5.41, 5.74) is 1.32. The topological polar surface area (TPSA) is 37.0 Å². The van der Waals surface area contributed by atoms with Crippen LogP contribution in [0.15, 0.2) is 18.5 Å². The van der Waals surface area contributed by atoms with Crippen LogP contribution in [0, 0.1) is 5.92 Å². The molecule has 1 aliphatic heterocycles. The maximum atomic E-state index is 5.42. The van der Waals surface area contributed by atoms with Gasteiger partial charge >= 0.3 is 0 Å². The number of rotatable bonds is 4. The second-order valence-corrected chi connectivity index (χ2v) is 3.93. The van der Waals surface area contributed by atoms with Gasteiger partial charge in [0.25, 0.3) is 0 Å². The first-order chi connectivity index (χ1) is 6.95. The van der Waals surface area contributed by atoms with Gasteiger partial charge in [0.15, 0.2) is 0 Å². The molecule has 2 heterocycles. The van der Waals surface area contributed by atoms with E-state index in [0.29, 0.717) is 5.92 Å². The average molecular weight is 194 g/mol. The lowest BCUT2D eigenvalue weighted by Gasteiger charge is -2.22. The van der Waals surface area contributed by atoms with E-state index in [-0.39, 0.29) is 0 Å². The van der Waals surface area contributed by atoms with E-state index in [0.717, 1.165) is 26.3 Å². The van der Waals surface area contributed by atoms with Gasteiger partial charge in [0.05, 0.1) is 6.61 Å². The van der Waals surface area contributed by atoms with Crippen LogP contribution in [0.5, 0.6) is 0 Å². The van der Waals surface area contributed by atoms with Crippen LogP contribution in [0.25, 0.3) is 0 Å². The van der Waals surface area contributed by atoms with E-state index < -0.39 is 0 Å². The van der Waals surface area contributed by atoms with Gasteiger partial charge in [-0.15, -0.1) is 0 Å². The van der Waals surface area contributed by atoms with Crippen LogP contribution in [0.4, 0.5) is 0 Å². The molecule has 0 bridgehead atoms. The predicted octanol–water partition coefficient (Wildman–Crippen LogP) is 1.53. The smallest absolute Gasteiger partial charge is 0.0506 e. The third-order valence-electron chi connectivity index (χ3n) is 2.68. The van der Waals surface area contributed by atoms with Crippen molar-refractivity contribution >= 4 is 0 Å². The number of hydrogen-bond acceptors (Lipinski definition) is 2. The van der Waals surface area contributed by atoms with E-state index in [1.807, 2.05) is 12.4 Å². The molecule has 0 amide bonds. The molecule has 0 aromatic carbocycles. The zero-order chi connectivity index (χ0) is 9.64. The van der Waals surface area contributed by atoms with Gasteiger partial charge in [0.1, 0.15) is 0 Å². The number of H-pyrrole nitrogens is 1. The first-order valence-corrected chi connectivity index (χ1v) is 5.35. The summed E-state index contributed by atoms with van der Waals surface area (Å²) in [6.07, 6.45) is 6.52. The molecule has 2 rings (SSSR count). The molecule has 0 radical (unpaired) electrons. The molecule has 14 heavy (non-hydrogen) atoms. The second kappa shape index (κ2) is 5.17. The molecule has 1 unspecified atom stereocenters. The van der Waals surface area contributed by atoms with Crippen molar-refractivity contribution < 1.29 is 4.74 Å². The normalized spacial score (nSPS) is 22.4. The van der Waals surface area contributed by atoms with Gasteiger partial charge in [-0.1, -0.05) is 0 Å². The molecule has 1 saturated heterocycles. The highest BCUT2D eigenvalue weighted by atomic mass is 16.5. The summed E-state index contributed by atoms with van der Waals surface area (Å²) in [7, 11) is 0. The number of nitrogens with one attached hydrogen (secondary N) is 2. The Morgan fingerprint density at radius 1 is 1.57 bits per heavy atom. The fraction of sp³-hybridized carbons (Fsp3) is 0.636. The Labute approximate surface area is 84.9 Å². The van der Waals surface area contributed by atoms with E-state index in [1.165, 1.54) is 18.4 Å². The third-order valence-corrected chi connectivity index (χ3v) is 2.68. The summed E-state index contributed by atoms with van der Waals surface area (Å²) in [6, 6.07) is 2.10. The Balaban J connectivity index is 1.62. The molecule has 78 valence electrons. The van der Waals surface area contributed by atoms with E-state index in [9.17, 15) is 0 Å². The maximum Gasteiger partial charge on any atom is 0.0506 e. The van der Waals surface area contributed by atoms with Gasteiger partial charge < -0.3 is 15.0 Å². The van der Waals surface area contributed by atoms with Gasteiger partial charge in [-0.2, -0.15) is 0 Å². The standard InChI is InChI=1S/C11H18N2O/c1-2-11(9-14-5-1)8-13-7-10-3-4-12-6-10/h3-4,6,11-13H,1-2,5,7-9H2. The SMILES string of the molecule is c1cc(CNCC2CCCOC2)c[nH]1. The highest BCUT2D eigenvalue weighted by Gasteiger charge is 2.12.